The molecular formula is C20H20N2O5. The molecule has 2 aromatic rings. The SMILES string of the molecule is O=C(O)C1CN(C(=O)c2ccnc(OC3CCOC3)c2)Cc2ccccc21. The van der Waals surface area contributed by atoms with E-state index in [4.69, 9.17) is 9.47 Å². The minimum absolute atomic E-state index is 0.0545. The molecule has 2 aliphatic rings. The van der Waals surface area contributed by atoms with E-state index in [0.29, 0.717) is 31.2 Å². The number of hydrogen-bond donors (Lipinski definition) is 1. The number of hydrogen-bond acceptors (Lipinski definition) is 5. The molecule has 7 nitrogen and oxygen atoms in total. The molecule has 4 rings (SSSR count). The van der Waals surface area contributed by atoms with E-state index in [0.717, 1.165) is 17.5 Å². The molecule has 2 aliphatic heterocycles. The van der Waals surface area contributed by atoms with Crippen molar-refractivity contribution in [1.82, 2.24) is 9.88 Å². The summed E-state index contributed by atoms with van der Waals surface area (Å²) in [5.74, 6) is -1.51. The summed E-state index contributed by atoms with van der Waals surface area (Å²) in [4.78, 5) is 30.4. The van der Waals surface area contributed by atoms with Gasteiger partial charge < -0.3 is 19.5 Å². The average Bonchev–Trinajstić information content (AvgIpc) is 3.19. The van der Waals surface area contributed by atoms with Crippen LogP contribution < -0.4 is 4.74 Å². The predicted octanol–water partition coefficient (Wildman–Crippen LogP) is 2.07. The van der Waals surface area contributed by atoms with Crippen molar-refractivity contribution in [1.29, 1.82) is 0 Å². The van der Waals surface area contributed by atoms with Gasteiger partial charge in [-0.1, -0.05) is 24.3 Å². The van der Waals surface area contributed by atoms with Crippen molar-refractivity contribution in [3.63, 3.8) is 0 Å². The Balaban J connectivity index is 1.55. The molecular weight excluding hydrogens is 348 g/mol. The number of ether oxygens (including phenoxy) is 2. The Hall–Kier alpha value is -2.93. The molecule has 0 radical (unpaired) electrons. The minimum atomic E-state index is -0.931. The largest absolute Gasteiger partial charge is 0.481 e. The minimum Gasteiger partial charge on any atom is -0.481 e. The van der Waals surface area contributed by atoms with Crippen molar-refractivity contribution >= 4 is 11.9 Å². The van der Waals surface area contributed by atoms with Gasteiger partial charge in [0.1, 0.15) is 6.10 Å². The Labute approximate surface area is 156 Å². The zero-order chi connectivity index (χ0) is 18.8. The highest BCUT2D eigenvalue weighted by atomic mass is 16.5. The van der Waals surface area contributed by atoms with Gasteiger partial charge in [0.05, 0.1) is 19.1 Å². The highest BCUT2D eigenvalue weighted by Gasteiger charge is 2.33. The highest BCUT2D eigenvalue weighted by molar-refractivity contribution is 5.95. The smallest absolute Gasteiger partial charge is 0.312 e. The third-order valence-corrected chi connectivity index (χ3v) is 4.94. The predicted molar refractivity (Wildman–Crippen MR) is 95.6 cm³/mol. The maximum atomic E-state index is 13.0. The van der Waals surface area contributed by atoms with E-state index >= 15 is 0 Å². The molecule has 1 N–H and O–H groups in total. The van der Waals surface area contributed by atoms with Crippen molar-refractivity contribution in [3.05, 3.63) is 59.3 Å². The van der Waals surface area contributed by atoms with E-state index in [1.165, 1.54) is 6.20 Å². The molecule has 7 heteroatoms. The van der Waals surface area contributed by atoms with E-state index in [9.17, 15) is 14.7 Å². The van der Waals surface area contributed by atoms with Gasteiger partial charge >= 0.3 is 5.97 Å². The topological polar surface area (TPSA) is 89.0 Å². The van der Waals surface area contributed by atoms with Crippen LogP contribution >= 0.6 is 0 Å². The fourth-order valence-electron chi connectivity index (χ4n) is 3.54. The Morgan fingerprint density at radius 1 is 1.26 bits per heavy atom. The number of carboxylic acids is 1. The summed E-state index contributed by atoms with van der Waals surface area (Å²) >= 11 is 0. The summed E-state index contributed by atoms with van der Waals surface area (Å²) in [6, 6.07) is 10.6. The van der Waals surface area contributed by atoms with Crippen molar-refractivity contribution in [2.45, 2.75) is 25.0 Å². The molecule has 140 valence electrons. The molecule has 1 aromatic heterocycles. The Morgan fingerprint density at radius 2 is 2.11 bits per heavy atom. The lowest BCUT2D eigenvalue weighted by molar-refractivity contribution is -0.139. The average molecular weight is 368 g/mol. The number of rotatable bonds is 4. The van der Waals surface area contributed by atoms with Crippen molar-refractivity contribution in [2.24, 2.45) is 0 Å². The lowest BCUT2D eigenvalue weighted by atomic mass is 9.89. The van der Waals surface area contributed by atoms with E-state index < -0.39 is 11.9 Å². The first kappa shape index (κ1) is 17.5. The van der Waals surface area contributed by atoms with Crippen LogP contribution in [0.15, 0.2) is 42.6 Å². The Kier molecular flexibility index (Phi) is 4.77. The molecule has 1 fully saturated rings. The molecule has 0 bridgehead atoms. The Bertz CT molecular complexity index is 863. The molecule has 2 unspecified atom stereocenters. The zero-order valence-corrected chi connectivity index (χ0v) is 14.7. The van der Waals surface area contributed by atoms with Crippen LogP contribution in [0.1, 0.15) is 33.8 Å². The lowest BCUT2D eigenvalue weighted by Crippen LogP contribution is -2.40. The summed E-state index contributed by atoms with van der Waals surface area (Å²) in [7, 11) is 0. The quantitative estimate of drug-likeness (QED) is 0.889. The van der Waals surface area contributed by atoms with Crippen LogP contribution in [0.4, 0.5) is 0 Å². The lowest BCUT2D eigenvalue weighted by Gasteiger charge is -2.32. The first-order valence-corrected chi connectivity index (χ1v) is 8.92. The van der Waals surface area contributed by atoms with E-state index in [-0.39, 0.29) is 18.6 Å². The number of carbonyl (C=O) groups is 2. The van der Waals surface area contributed by atoms with Crippen LogP contribution in [-0.2, 0) is 16.1 Å². The Morgan fingerprint density at radius 3 is 2.89 bits per heavy atom. The van der Waals surface area contributed by atoms with Gasteiger partial charge in [0.25, 0.3) is 5.91 Å². The second-order valence-corrected chi connectivity index (χ2v) is 6.76. The first-order chi connectivity index (χ1) is 13.1. The van der Waals surface area contributed by atoms with Gasteiger partial charge in [-0.25, -0.2) is 4.98 Å². The number of amides is 1. The fourth-order valence-corrected chi connectivity index (χ4v) is 3.54. The van der Waals surface area contributed by atoms with E-state index in [1.54, 1.807) is 17.0 Å². The number of carbonyl (C=O) groups excluding carboxylic acids is 1. The third kappa shape index (κ3) is 3.64. The second-order valence-electron chi connectivity index (χ2n) is 6.76. The highest BCUT2D eigenvalue weighted by Crippen LogP contribution is 2.29. The monoisotopic (exact) mass is 368 g/mol. The summed E-state index contributed by atoms with van der Waals surface area (Å²) in [5.41, 5.74) is 2.06. The number of aliphatic carboxylic acids is 1. The zero-order valence-electron chi connectivity index (χ0n) is 14.7. The molecule has 1 aromatic carbocycles. The molecule has 2 atom stereocenters. The van der Waals surface area contributed by atoms with Crippen LogP contribution in [0, 0.1) is 0 Å². The van der Waals surface area contributed by atoms with Crippen LogP contribution in [0.5, 0.6) is 5.88 Å². The normalized spacial score (nSPS) is 21.6. The molecule has 0 saturated carbocycles. The van der Waals surface area contributed by atoms with Crippen molar-refractivity contribution < 1.29 is 24.2 Å². The summed E-state index contributed by atoms with van der Waals surface area (Å²) < 4.78 is 11.1. The molecule has 1 saturated heterocycles. The van der Waals surface area contributed by atoms with Gasteiger partial charge in [-0.3, -0.25) is 9.59 Å². The summed E-state index contributed by atoms with van der Waals surface area (Å²) in [5, 5.41) is 9.58. The van der Waals surface area contributed by atoms with Crippen molar-refractivity contribution in [3.8, 4) is 5.88 Å². The van der Waals surface area contributed by atoms with Crippen LogP contribution in [0.2, 0.25) is 0 Å². The second kappa shape index (κ2) is 7.36. The van der Waals surface area contributed by atoms with Gasteiger partial charge in [0.15, 0.2) is 0 Å². The van der Waals surface area contributed by atoms with Gasteiger partial charge in [-0.05, 0) is 17.2 Å². The number of carboxylic acid groups (broad SMARTS) is 1. The number of pyridine rings is 1. The third-order valence-electron chi connectivity index (χ3n) is 4.94. The van der Waals surface area contributed by atoms with Crippen LogP contribution in [-0.4, -0.2) is 52.7 Å². The van der Waals surface area contributed by atoms with E-state index in [2.05, 4.69) is 4.98 Å². The number of aromatic nitrogens is 1. The fraction of sp³-hybridized carbons (Fsp3) is 0.350. The first-order valence-electron chi connectivity index (χ1n) is 8.92. The maximum absolute atomic E-state index is 13.0. The molecule has 27 heavy (non-hydrogen) atoms. The van der Waals surface area contributed by atoms with Crippen LogP contribution in [0.3, 0.4) is 0 Å². The van der Waals surface area contributed by atoms with Gasteiger partial charge in [-0.2, -0.15) is 0 Å². The molecule has 0 aliphatic carbocycles. The molecule has 1 amide bonds. The van der Waals surface area contributed by atoms with E-state index in [1.807, 2.05) is 24.3 Å². The number of fused-ring (bicyclic) bond motifs is 1. The number of nitrogens with zero attached hydrogens (tertiary/aromatic N) is 2. The maximum Gasteiger partial charge on any atom is 0.312 e. The standard InChI is InChI=1S/C20H20N2O5/c23-19(13-5-7-21-18(9-13)27-15-6-8-26-12-15)22-10-14-3-1-2-4-16(14)17(11-22)20(24)25/h1-5,7,9,15,17H,6,8,10-12H2,(H,24,25). The number of benzene rings is 1. The van der Waals surface area contributed by atoms with Gasteiger partial charge in [-0.15, -0.1) is 0 Å². The van der Waals surface area contributed by atoms with Crippen molar-refractivity contribution in [2.75, 3.05) is 19.8 Å². The van der Waals surface area contributed by atoms with Gasteiger partial charge in [0, 0.05) is 37.3 Å². The molecule has 3 heterocycles. The van der Waals surface area contributed by atoms with Gasteiger partial charge in [0.2, 0.25) is 5.88 Å². The molecule has 0 spiro atoms. The summed E-state index contributed by atoms with van der Waals surface area (Å²) in [6.45, 7) is 1.70. The summed E-state index contributed by atoms with van der Waals surface area (Å²) in [6.07, 6.45) is 2.27. The van der Waals surface area contributed by atoms with Crippen LogP contribution in [0.25, 0.3) is 0 Å².